The fourth-order valence-electron chi connectivity index (χ4n) is 2.90. The molecule has 7 nitrogen and oxygen atoms in total. The molecule has 1 fully saturated rings. The summed E-state index contributed by atoms with van der Waals surface area (Å²) in [4.78, 5) is 17.5. The molecule has 0 bridgehead atoms. The number of imidazole rings is 1. The maximum absolute atomic E-state index is 11.3. The summed E-state index contributed by atoms with van der Waals surface area (Å²) in [5.74, 6) is 0.285. The van der Waals surface area contributed by atoms with Crippen molar-refractivity contribution in [3.8, 4) is 0 Å². The summed E-state index contributed by atoms with van der Waals surface area (Å²) in [5, 5.41) is 23.5. The molecular weight excluding hydrogens is 280 g/mol. The molecule has 1 saturated carbocycles. The Balaban J connectivity index is 1.94. The van der Waals surface area contributed by atoms with E-state index in [1.54, 1.807) is 23.5 Å². The number of hydrogen-bond acceptors (Lipinski definition) is 6. The molecule has 2 aromatic heterocycles. The highest BCUT2D eigenvalue weighted by Gasteiger charge is 2.35. The Kier molecular flexibility index (Phi) is 3.14. The van der Waals surface area contributed by atoms with Crippen LogP contribution in [0.2, 0.25) is 0 Å². The Labute approximate surface area is 119 Å². The Bertz CT molecular complexity index is 644. The Morgan fingerprint density at radius 3 is 2.95 bits per heavy atom. The van der Waals surface area contributed by atoms with E-state index >= 15 is 0 Å². The first-order chi connectivity index (χ1) is 9.50. The predicted molar refractivity (Wildman–Crippen MR) is 76.4 cm³/mol. The lowest BCUT2D eigenvalue weighted by molar-refractivity contribution is -0.389. The zero-order valence-electron chi connectivity index (χ0n) is 11.2. The van der Waals surface area contributed by atoms with Crippen molar-refractivity contribution in [3.63, 3.8) is 0 Å². The highest BCUT2D eigenvalue weighted by atomic mass is 32.1. The Hall–Kier alpha value is -1.67. The summed E-state index contributed by atoms with van der Waals surface area (Å²) < 4.78 is 1.48. The molecule has 2 aromatic rings. The van der Waals surface area contributed by atoms with Gasteiger partial charge in [0.1, 0.15) is 6.20 Å². The van der Waals surface area contributed by atoms with Gasteiger partial charge in [-0.1, -0.05) is 24.2 Å². The van der Waals surface area contributed by atoms with E-state index in [1.807, 2.05) is 0 Å². The highest BCUT2D eigenvalue weighted by Crippen LogP contribution is 2.34. The number of aliphatic hydroxyl groups is 1. The van der Waals surface area contributed by atoms with Crippen LogP contribution in [0.3, 0.4) is 0 Å². The number of anilines is 1. The Morgan fingerprint density at radius 1 is 1.60 bits per heavy atom. The van der Waals surface area contributed by atoms with E-state index in [1.165, 1.54) is 15.7 Å². The number of rotatable bonds is 4. The van der Waals surface area contributed by atoms with Crippen LogP contribution in [-0.4, -0.2) is 38.6 Å². The topological polar surface area (TPSA) is 83.9 Å². The predicted octanol–water partition coefficient (Wildman–Crippen LogP) is 2.05. The molecule has 0 aliphatic heterocycles. The van der Waals surface area contributed by atoms with E-state index in [9.17, 15) is 15.2 Å². The summed E-state index contributed by atoms with van der Waals surface area (Å²) in [5.41, 5.74) is -0.750. The van der Waals surface area contributed by atoms with Crippen LogP contribution in [0.25, 0.3) is 4.96 Å². The van der Waals surface area contributed by atoms with Crippen LogP contribution < -0.4 is 4.90 Å². The number of nitrogens with zero attached hydrogens (tertiary/aromatic N) is 4. The minimum atomic E-state index is -0.750. The number of fused-ring (bicyclic) bond motifs is 1. The van der Waals surface area contributed by atoms with Gasteiger partial charge in [0, 0.05) is 19.0 Å². The maximum atomic E-state index is 11.3. The summed E-state index contributed by atoms with van der Waals surface area (Å²) >= 11 is 1.36. The van der Waals surface area contributed by atoms with Crippen LogP contribution in [-0.2, 0) is 0 Å². The first-order valence-corrected chi connectivity index (χ1v) is 7.42. The number of thiazole rings is 1. The molecule has 0 unspecified atom stereocenters. The molecule has 0 aromatic carbocycles. The summed E-state index contributed by atoms with van der Waals surface area (Å²) in [6.45, 7) is 0.374. The van der Waals surface area contributed by atoms with Gasteiger partial charge in [0.05, 0.1) is 5.60 Å². The number of hydrogen-bond donors (Lipinski definition) is 1. The molecule has 0 radical (unpaired) electrons. The van der Waals surface area contributed by atoms with Crippen molar-refractivity contribution < 1.29 is 10.0 Å². The van der Waals surface area contributed by atoms with Gasteiger partial charge in [-0.2, -0.15) is 9.38 Å². The summed E-state index contributed by atoms with van der Waals surface area (Å²) in [6.07, 6.45) is 5.14. The Morgan fingerprint density at radius 2 is 2.30 bits per heavy atom. The van der Waals surface area contributed by atoms with Crippen LogP contribution in [0, 0.1) is 10.1 Å². The van der Waals surface area contributed by atoms with Crippen LogP contribution >= 0.6 is 11.3 Å². The van der Waals surface area contributed by atoms with Crippen LogP contribution in [0.1, 0.15) is 25.7 Å². The lowest BCUT2D eigenvalue weighted by Gasteiger charge is -2.28. The number of likely N-dealkylation sites (N-methyl/N-ethyl adjacent to an activating group) is 1. The lowest BCUT2D eigenvalue weighted by atomic mass is 10.0. The van der Waals surface area contributed by atoms with Crippen molar-refractivity contribution in [1.82, 2.24) is 9.38 Å². The van der Waals surface area contributed by atoms with Crippen molar-refractivity contribution in [1.29, 1.82) is 0 Å². The zero-order chi connectivity index (χ0) is 14.3. The third kappa shape index (κ3) is 2.14. The largest absolute Gasteiger partial charge is 0.388 e. The van der Waals surface area contributed by atoms with E-state index < -0.39 is 10.5 Å². The summed E-state index contributed by atoms with van der Waals surface area (Å²) in [6, 6.07) is 0. The smallest absolute Gasteiger partial charge is 0.373 e. The number of aromatic nitrogens is 2. The summed E-state index contributed by atoms with van der Waals surface area (Å²) in [7, 11) is 1.75. The van der Waals surface area contributed by atoms with Gasteiger partial charge in [-0.25, -0.2) is 0 Å². The van der Waals surface area contributed by atoms with Gasteiger partial charge in [0.2, 0.25) is 5.82 Å². The van der Waals surface area contributed by atoms with E-state index in [-0.39, 0.29) is 5.82 Å². The molecule has 8 heteroatoms. The molecule has 1 N–H and O–H groups in total. The van der Waals surface area contributed by atoms with Crippen molar-refractivity contribution in [2.24, 2.45) is 0 Å². The molecule has 0 atom stereocenters. The molecule has 0 amide bonds. The van der Waals surface area contributed by atoms with Gasteiger partial charge in [-0.15, -0.1) is 0 Å². The molecular formula is C12H16N4O3S. The van der Waals surface area contributed by atoms with E-state index in [4.69, 9.17) is 0 Å². The second-order valence-corrected chi connectivity index (χ2v) is 6.23. The molecule has 0 spiro atoms. The van der Waals surface area contributed by atoms with Gasteiger partial charge >= 0.3 is 5.82 Å². The molecule has 0 saturated heterocycles. The first kappa shape index (κ1) is 13.3. The van der Waals surface area contributed by atoms with E-state index in [0.717, 1.165) is 25.7 Å². The van der Waals surface area contributed by atoms with Gasteiger partial charge in [0.25, 0.3) is 4.96 Å². The molecule has 2 heterocycles. The first-order valence-electron chi connectivity index (χ1n) is 6.54. The highest BCUT2D eigenvalue weighted by molar-refractivity contribution is 7.15. The van der Waals surface area contributed by atoms with Gasteiger partial charge < -0.3 is 20.1 Å². The van der Waals surface area contributed by atoms with Gasteiger partial charge in [-0.05, 0) is 17.8 Å². The van der Waals surface area contributed by atoms with E-state index in [0.29, 0.717) is 17.3 Å². The molecule has 1 aliphatic carbocycles. The minimum absolute atomic E-state index is 0.0367. The molecule has 20 heavy (non-hydrogen) atoms. The molecule has 3 rings (SSSR count). The quantitative estimate of drug-likeness (QED) is 0.689. The van der Waals surface area contributed by atoms with Gasteiger partial charge in [-0.3, -0.25) is 0 Å². The third-order valence-corrected chi connectivity index (χ3v) is 4.58. The van der Waals surface area contributed by atoms with Crippen LogP contribution in [0.5, 0.6) is 0 Å². The second kappa shape index (κ2) is 4.71. The second-order valence-electron chi connectivity index (χ2n) is 5.36. The van der Waals surface area contributed by atoms with Crippen molar-refractivity contribution in [2.45, 2.75) is 31.3 Å². The van der Waals surface area contributed by atoms with Crippen molar-refractivity contribution >= 4 is 27.9 Å². The zero-order valence-corrected chi connectivity index (χ0v) is 12.0. The average molecular weight is 296 g/mol. The van der Waals surface area contributed by atoms with Crippen LogP contribution in [0.15, 0.2) is 11.6 Å². The maximum Gasteiger partial charge on any atom is 0.373 e. The monoisotopic (exact) mass is 296 g/mol. The van der Waals surface area contributed by atoms with E-state index in [2.05, 4.69) is 4.98 Å². The average Bonchev–Trinajstić information content (AvgIpc) is 3.02. The minimum Gasteiger partial charge on any atom is -0.388 e. The van der Waals surface area contributed by atoms with Crippen LogP contribution in [0.4, 0.5) is 11.6 Å². The SMILES string of the molecule is CN(CC1(O)CCCC1)c1nc2sccn2c1[N+](=O)[O-]. The number of nitro groups is 1. The third-order valence-electron chi connectivity index (χ3n) is 3.82. The standard InChI is InChI=1S/C12H16N4O3S/c1-14(8-12(17)4-2-3-5-12)9-10(16(18)19)15-6-7-20-11(15)13-9/h6-7,17H,2-5,8H2,1H3. The molecule has 108 valence electrons. The van der Waals surface area contributed by atoms with Gasteiger partial charge in [0.15, 0.2) is 0 Å². The van der Waals surface area contributed by atoms with Crippen molar-refractivity contribution in [2.75, 3.05) is 18.5 Å². The lowest BCUT2D eigenvalue weighted by Crippen LogP contribution is -2.39. The van der Waals surface area contributed by atoms with Crippen molar-refractivity contribution in [3.05, 3.63) is 21.7 Å². The fraction of sp³-hybridized carbons (Fsp3) is 0.583. The molecule has 1 aliphatic rings. The normalized spacial score (nSPS) is 17.7. The fourth-order valence-corrected chi connectivity index (χ4v) is 3.60.